The minimum absolute atomic E-state index is 0.931. The Morgan fingerprint density at radius 3 is 2.84 bits per heavy atom. The summed E-state index contributed by atoms with van der Waals surface area (Å²) in [6, 6.07) is 14.6. The number of aromatic nitrogens is 2. The van der Waals surface area contributed by atoms with Gasteiger partial charge in [-0.3, -0.25) is 0 Å². The maximum Gasteiger partial charge on any atom is 0.107 e. The first-order chi connectivity index (χ1) is 9.20. The van der Waals surface area contributed by atoms with Gasteiger partial charge in [-0.2, -0.15) is 0 Å². The minimum atomic E-state index is 0.931. The zero-order valence-corrected chi connectivity index (χ0v) is 11.7. The molecule has 0 unspecified atom stereocenters. The van der Waals surface area contributed by atoms with Gasteiger partial charge in [-0.05, 0) is 37.1 Å². The summed E-state index contributed by atoms with van der Waals surface area (Å²) in [6.07, 6.45) is 1.94. The molecule has 0 spiro atoms. The predicted octanol–water partition coefficient (Wildman–Crippen LogP) is 3.95. The Morgan fingerprint density at radius 2 is 2.00 bits per heavy atom. The third-order valence-corrected chi connectivity index (χ3v) is 3.53. The van der Waals surface area contributed by atoms with Crippen molar-refractivity contribution in [3.8, 4) is 0 Å². The Bertz CT molecular complexity index is 716. The Balaban J connectivity index is 1.78. The van der Waals surface area contributed by atoms with E-state index in [1.54, 1.807) is 0 Å². The first-order valence-corrected chi connectivity index (χ1v) is 6.88. The van der Waals surface area contributed by atoms with Crippen LogP contribution in [0, 0.1) is 6.92 Å². The van der Waals surface area contributed by atoms with Crippen LogP contribution in [0.3, 0.4) is 0 Å². The lowest BCUT2D eigenvalue weighted by atomic mass is 10.1. The van der Waals surface area contributed by atoms with Crippen molar-refractivity contribution in [2.45, 2.75) is 24.7 Å². The summed E-state index contributed by atoms with van der Waals surface area (Å²) < 4.78 is 0. The van der Waals surface area contributed by atoms with Crippen molar-refractivity contribution in [1.29, 1.82) is 0 Å². The lowest BCUT2D eigenvalue weighted by Gasteiger charge is -2.00. The van der Waals surface area contributed by atoms with Crippen LogP contribution in [0.4, 0.5) is 0 Å². The number of thiol groups is 1. The van der Waals surface area contributed by atoms with Crippen LogP contribution >= 0.6 is 12.6 Å². The Morgan fingerprint density at radius 1 is 1.11 bits per heavy atom. The van der Waals surface area contributed by atoms with Crippen LogP contribution < -0.4 is 0 Å². The lowest BCUT2D eigenvalue weighted by molar-refractivity contribution is 0.889. The van der Waals surface area contributed by atoms with E-state index in [4.69, 9.17) is 0 Å². The summed E-state index contributed by atoms with van der Waals surface area (Å²) in [5, 5.41) is 0. The molecule has 3 heteroatoms. The van der Waals surface area contributed by atoms with Gasteiger partial charge in [0, 0.05) is 11.3 Å². The summed E-state index contributed by atoms with van der Waals surface area (Å²) in [4.78, 5) is 8.92. The molecule has 0 radical (unpaired) electrons. The molecule has 0 aliphatic rings. The van der Waals surface area contributed by atoms with E-state index >= 15 is 0 Å². The molecule has 0 saturated heterocycles. The van der Waals surface area contributed by atoms with Crippen molar-refractivity contribution in [2.75, 3.05) is 0 Å². The number of nitrogens with one attached hydrogen (secondary N) is 1. The smallest absolute Gasteiger partial charge is 0.107 e. The van der Waals surface area contributed by atoms with Crippen molar-refractivity contribution < 1.29 is 0 Å². The molecule has 3 aromatic rings. The number of hydrogen-bond acceptors (Lipinski definition) is 2. The molecule has 0 aliphatic heterocycles. The zero-order valence-electron chi connectivity index (χ0n) is 10.9. The van der Waals surface area contributed by atoms with E-state index in [0.717, 1.165) is 34.6 Å². The zero-order chi connectivity index (χ0) is 13.2. The van der Waals surface area contributed by atoms with E-state index in [1.165, 1.54) is 11.1 Å². The molecular formula is C16H16N2S. The number of hydrogen-bond donors (Lipinski definition) is 2. The van der Waals surface area contributed by atoms with Gasteiger partial charge in [-0.25, -0.2) is 4.98 Å². The average molecular weight is 268 g/mol. The fraction of sp³-hybridized carbons (Fsp3) is 0.188. The molecule has 0 saturated carbocycles. The molecule has 0 bridgehead atoms. The van der Waals surface area contributed by atoms with Gasteiger partial charge < -0.3 is 4.98 Å². The molecule has 19 heavy (non-hydrogen) atoms. The van der Waals surface area contributed by atoms with Gasteiger partial charge in [0.1, 0.15) is 5.82 Å². The SMILES string of the molecule is Cc1cccc(CCc2nc3ccc(S)cc3[nH]2)c1. The van der Waals surface area contributed by atoms with Gasteiger partial charge in [0.25, 0.3) is 0 Å². The summed E-state index contributed by atoms with van der Waals surface area (Å²) in [5.41, 5.74) is 4.74. The normalized spacial score (nSPS) is 11.1. The maximum absolute atomic E-state index is 4.60. The number of benzene rings is 2. The second kappa shape index (κ2) is 5.10. The molecule has 3 rings (SSSR count). The average Bonchev–Trinajstić information content (AvgIpc) is 2.78. The fourth-order valence-corrected chi connectivity index (χ4v) is 2.50. The first-order valence-electron chi connectivity index (χ1n) is 6.44. The van der Waals surface area contributed by atoms with Crippen LogP contribution in [-0.4, -0.2) is 9.97 Å². The van der Waals surface area contributed by atoms with Crippen LogP contribution in [0.1, 0.15) is 17.0 Å². The summed E-state index contributed by atoms with van der Waals surface area (Å²) >= 11 is 4.34. The van der Waals surface area contributed by atoms with Crippen molar-refractivity contribution in [3.63, 3.8) is 0 Å². The van der Waals surface area contributed by atoms with E-state index in [2.05, 4.69) is 53.8 Å². The van der Waals surface area contributed by atoms with E-state index in [0.29, 0.717) is 0 Å². The molecule has 0 atom stereocenters. The number of aryl methyl sites for hydroxylation is 3. The van der Waals surface area contributed by atoms with Crippen LogP contribution in [-0.2, 0) is 12.8 Å². The summed E-state index contributed by atoms with van der Waals surface area (Å²) in [6.45, 7) is 2.12. The molecule has 1 heterocycles. The first kappa shape index (κ1) is 12.3. The standard InChI is InChI=1S/C16H16N2S/c1-11-3-2-4-12(9-11)5-8-16-17-14-7-6-13(19)10-15(14)18-16/h2-4,6-7,9-10,19H,5,8H2,1H3,(H,17,18). The van der Waals surface area contributed by atoms with E-state index in [1.807, 2.05) is 18.2 Å². The molecule has 96 valence electrons. The highest BCUT2D eigenvalue weighted by atomic mass is 32.1. The van der Waals surface area contributed by atoms with Crippen molar-refractivity contribution >= 4 is 23.7 Å². The number of imidazole rings is 1. The van der Waals surface area contributed by atoms with Crippen LogP contribution in [0.2, 0.25) is 0 Å². The fourth-order valence-electron chi connectivity index (χ4n) is 2.30. The molecular weight excluding hydrogens is 252 g/mol. The lowest BCUT2D eigenvalue weighted by Crippen LogP contribution is -1.93. The molecule has 0 fully saturated rings. The molecule has 1 aromatic heterocycles. The van der Waals surface area contributed by atoms with Crippen molar-refractivity contribution in [2.24, 2.45) is 0 Å². The second-order valence-corrected chi connectivity index (χ2v) is 5.39. The van der Waals surface area contributed by atoms with Gasteiger partial charge in [0.2, 0.25) is 0 Å². The number of nitrogens with zero attached hydrogens (tertiary/aromatic N) is 1. The van der Waals surface area contributed by atoms with E-state index < -0.39 is 0 Å². The number of aromatic amines is 1. The molecule has 0 aliphatic carbocycles. The van der Waals surface area contributed by atoms with Gasteiger partial charge in [-0.1, -0.05) is 29.8 Å². The third kappa shape index (κ3) is 2.82. The Hall–Kier alpha value is -1.74. The van der Waals surface area contributed by atoms with Crippen LogP contribution in [0.5, 0.6) is 0 Å². The molecule has 2 nitrogen and oxygen atoms in total. The minimum Gasteiger partial charge on any atom is -0.342 e. The summed E-state index contributed by atoms with van der Waals surface area (Å²) in [7, 11) is 0. The highest BCUT2D eigenvalue weighted by Gasteiger charge is 2.03. The Labute approximate surface area is 118 Å². The predicted molar refractivity (Wildman–Crippen MR) is 81.9 cm³/mol. The van der Waals surface area contributed by atoms with Crippen LogP contribution in [0.15, 0.2) is 47.4 Å². The highest BCUT2D eigenvalue weighted by Crippen LogP contribution is 2.17. The van der Waals surface area contributed by atoms with Crippen molar-refractivity contribution in [1.82, 2.24) is 9.97 Å². The third-order valence-electron chi connectivity index (χ3n) is 3.25. The highest BCUT2D eigenvalue weighted by molar-refractivity contribution is 7.80. The Kier molecular flexibility index (Phi) is 3.30. The van der Waals surface area contributed by atoms with E-state index in [9.17, 15) is 0 Å². The van der Waals surface area contributed by atoms with Gasteiger partial charge >= 0.3 is 0 Å². The van der Waals surface area contributed by atoms with Gasteiger partial charge in [0.15, 0.2) is 0 Å². The monoisotopic (exact) mass is 268 g/mol. The van der Waals surface area contributed by atoms with E-state index in [-0.39, 0.29) is 0 Å². The number of rotatable bonds is 3. The second-order valence-electron chi connectivity index (χ2n) is 4.87. The van der Waals surface area contributed by atoms with Crippen LogP contribution in [0.25, 0.3) is 11.0 Å². The molecule has 0 amide bonds. The van der Waals surface area contributed by atoms with Gasteiger partial charge in [0.05, 0.1) is 11.0 Å². The number of fused-ring (bicyclic) bond motifs is 1. The van der Waals surface area contributed by atoms with Crippen molar-refractivity contribution in [3.05, 3.63) is 59.4 Å². The largest absolute Gasteiger partial charge is 0.342 e. The molecule has 1 N–H and O–H groups in total. The number of H-pyrrole nitrogens is 1. The quantitative estimate of drug-likeness (QED) is 0.692. The van der Waals surface area contributed by atoms with Gasteiger partial charge in [-0.15, -0.1) is 12.6 Å². The maximum atomic E-state index is 4.60. The topological polar surface area (TPSA) is 28.7 Å². The molecule has 2 aromatic carbocycles. The summed E-state index contributed by atoms with van der Waals surface area (Å²) in [5.74, 6) is 1.04.